The van der Waals surface area contributed by atoms with Crippen molar-refractivity contribution < 1.29 is 0 Å². The van der Waals surface area contributed by atoms with Gasteiger partial charge in [-0.15, -0.1) is 0 Å². The molecule has 0 aromatic heterocycles. The van der Waals surface area contributed by atoms with Crippen molar-refractivity contribution in [3.05, 3.63) is 42.0 Å². The van der Waals surface area contributed by atoms with Crippen LogP contribution >= 0.6 is 0 Å². The summed E-state index contributed by atoms with van der Waals surface area (Å²) in [5.74, 6) is 3.51. The van der Waals surface area contributed by atoms with Gasteiger partial charge in [-0.05, 0) is 73.8 Å². The Balaban J connectivity index is 1.54. The summed E-state index contributed by atoms with van der Waals surface area (Å²) < 4.78 is 0. The van der Waals surface area contributed by atoms with E-state index in [1.807, 2.05) is 0 Å². The highest BCUT2D eigenvalue weighted by Crippen LogP contribution is 2.57. The minimum atomic E-state index is -1.49. The van der Waals surface area contributed by atoms with Crippen molar-refractivity contribution in [1.29, 1.82) is 0 Å². The molecule has 4 saturated carbocycles. The molecule has 27 heavy (non-hydrogen) atoms. The predicted octanol–water partition coefficient (Wildman–Crippen LogP) is 6.22. The lowest BCUT2D eigenvalue weighted by Crippen LogP contribution is -2.49. The van der Waals surface area contributed by atoms with E-state index in [2.05, 4.69) is 69.6 Å². The summed E-state index contributed by atoms with van der Waals surface area (Å²) in [5, 5.41) is 1.56. The maximum absolute atomic E-state index is 5.38. The molecule has 0 radical (unpaired) electrons. The molecule has 4 fully saturated rings. The summed E-state index contributed by atoms with van der Waals surface area (Å²) in [6.07, 6.45) is 13.4. The first-order valence-corrected chi connectivity index (χ1v) is 14.4. The normalized spacial score (nSPS) is 33.4. The summed E-state index contributed by atoms with van der Waals surface area (Å²) in [7, 11) is -1.49. The van der Waals surface area contributed by atoms with Crippen LogP contribution in [-0.4, -0.2) is 19.8 Å². The zero-order valence-electron chi connectivity index (χ0n) is 17.7. The van der Waals surface area contributed by atoms with E-state index < -0.39 is 8.07 Å². The number of rotatable bonds is 6. The quantitative estimate of drug-likeness (QED) is 0.411. The predicted molar refractivity (Wildman–Crippen MR) is 121 cm³/mol. The maximum atomic E-state index is 5.38. The van der Waals surface area contributed by atoms with Crippen LogP contribution in [0.5, 0.6) is 0 Å². The first kappa shape index (κ1) is 19.2. The Bertz CT molecular complexity index is 678. The molecule has 1 aromatic carbocycles. The van der Waals surface area contributed by atoms with Crippen LogP contribution in [0.1, 0.15) is 52.4 Å². The molecule has 146 valence electrons. The third kappa shape index (κ3) is 4.31. The molecular weight excluding hydrogens is 342 g/mol. The summed E-state index contributed by atoms with van der Waals surface area (Å²) >= 11 is 0. The fraction of sp³-hybridized carbons (Fsp3) is 0.640. The van der Waals surface area contributed by atoms with E-state index in [9.17, 15) is 0 Å². The van der Waals surface area contributed by atoms with E-state index in [4.69, 9.17) is 4.99 Å². The van der Waals surface area contributed by atoms with E-state index in [1.165, 1.54) is 50.1 Å². The molecule has 1 nitrogen and oxygen atoms in total. The standard InChI is InChI=1S/C25H37NSi/c1-19(2)10-23(18-27(3,4)24-8-6-5-7-9-24)17-26-25-14-20-11-21(15-25)13-22(12-20)16-25/h5-10,17,19-22H,11-16,18H2,1-4H3/b23-10+,26-17?. The van der Waals surface area contributed by atoms with Crippen molar-refractivity contribution in [2.45, 2.75) is 77.0 Å². The zero-order chi connectivity index (χ0) is 19.1. The average molecular weight is 380 g/mol. The lowest BCUT2D eigenvalue weighted by Gasteiger charge is -2.55. The first-order chi connectivity index (χ1) is 12.8. The van der Waals surface area contributed by atoms with Gasteiger partial charge in [0.2, 0.25) is 0 Å². The van der Waals surface area contributed by atoms with Crippen molar-refractivity contribution in [2.24, 2.45) is 28.7 Å². The fourth-order valence-corrected chi connectivity index (χ4v) is 9.05. The van der Waals surface area contributed by atoms with Gasteiger partial charge in [-0.2, -0.15) is 0 Å². The largest absolute Gasteiger partial charge is 0.286 e. The molecule has 0 spiro atoms. The van der Waals surface area contributed by atoms with E-state index in [0.717, 1.165) is 17.8 Å². The van der Waals surface area contributed by atoms with Gasteiger partial charge < -0.3 is 0 Å². The molecule has 0 aliphatic heterocycles. The van der Waals surface area contributed by atoms with Gasteiger partial charge in [-0.25, -0.2) is 0 Å². The smallest absolute Gasteiger partial charge is 0.0849 e. The van der Waals surface area contributed by atoms with Crippen molar-refractivity contribution in [3.63, 3.8) is 0 Å². The fourth-order valence-electron chi connectivity index (χ4n) is 6.52. The Morgan fingerprint density at radius 3 is 2.11 bits per heavy atom. The van der Waals surface area contributed by atoms with Crippen molar-refractivity contribution >= 4 is 19.5 Å². The van der Waals surface area contributed by atoms with Crippen molar-refractivity contribution in [3.8, 4) is 0 Å². The molecule has 1 aromatic rings. The van der Waals surface area contributed by atoms with Crippen molar-refractivity contribution in [1.82, 2.24) is 0 Å². The molecule has 5 rings (SSSR count). The minimum Gasteiger partial charge on any atom is -0.286 e. The van der Waals surface area contributed by atoms with E-state index in [1.54, 1.807) is 5.19 Å². The average Bonchev–Trinajstić information content (AvgIpc) is 2.59. The Morgan fingerprint density at radius 2 is 1.59 bits per heavy atom. The van der Waals surface area contributed by atoms with Gasteiger partial charge in [0.05, 0.1) is 13.6 Å². The topological polar surface area (TPSA) is 12.4 Å². The van der Waals surface area contributed by atoms with Crippen LogP contribution < -0.4 is 5.19 Å². The zero-order valence-corrected chi connectivity index (χ0v) is 18.7. The minimum absolute atomic E-state index is 0.295. The number of allylic oxidation sites excluding steroid dienone is 2. The van der Waals surface area contributed by atoms with Gasteiger partial charge >= 0.3 is 0 Å². The molecule has 4 aliphatic rings. The molecule has 0 N–H and O–H groups in total. The number of hydrogen-bond acceptors (Lipinski definition) is 1. The molecule has 0 amide bonds. The lowest BCUT2D eigenvalue weighted by atomic mass is 9.53. The van der Waals surface area contributed by atoms with E-state index in [-0.39, 0.29) is 0 Å². The Morgan fingerprint density at radius 1 is 1.04 bits per heavy atom. The van der Waals surface area contributed by atoms with E-state index in [0.29, 0.717) is 11.5 Å². The summed E-state index contributed by atoms with van der Waals surface area (Å²) in [6.45, 7) is 9.62. The second-order valence-corrected chi connectivity index (χ2v) is 15.5. The monoisotopic (exact) mass is 379 g/mol. The molecular formula is C25H37NSi. The number of benzene rings is 1. The van der Waals surface area contributed by atoms with Crippen LogP contribution in [0.15, 0.2) is 47.0 Å². The number of nitrogens with zero attached hydrogens (tertiary/aromatic N) is 1. The van der Waals surface area contributed by atoms with Gasteiger partial charge in [0, 0.05) is 6.21 Å². The van der Waals surface area contributed by atoms with Gasteiger partial charge in [0.15, 0.2) is 0 Å². The maximum Gasteiger partial charge on any atom is 0.0849 e. The van der Waals surface area contributed by atoms with Gasteiger partial charge in [0.25, 0.3) is 0 Å². The summed E-state index contributed by atoms with van der Waals surface area (Å²) in [6, 6.07) is 12.4. The Labute approximate surface area is 167 Å². The van der Waals surface area contributed by atoms with Crippen LogP contribution in [0.4, 0.5) is 0 Å². The third-order valence-electron chi connectivity index (χ3n) is 7.26. The molecule has 0 saturated heterocycles. The second kappa shape index (κ2) is 7.35. The third-order valence-corrected chi connectivity index (χ3v) is 10.4. The number of hydrogen-bond donors (Lipinski definition) is 0. The highest BCUT2D eigenvalue weighted by Gasteiger charge is 2.50. The second-order valence-electron chi connectivity index (χ2n) is 10.8. The highest BCUT2D eigenvalue weighted by molar-refractivity contribution is 6.90. The Hall–Kier alpha value is -1.15. The summed E-state index contributed by atoms with van der Waals surface area (Å²) in [5.41, 5.74) is 1.78. The highest BCUT2D eigenvalue weighted by atomic mass is 28.3. The molecule has 0 heterocycles. The molecule has 0 atom stereocenters. The number of aliphatic imine (C=N–C) groups is 1. The Kier molecular flexibility index (Phi) is 5.22. The SMILES string of the molecule is CC(C)/C=C(\C=NC12CC3CC(CC(C3)C1)C2)C[Si](C)(C)c1ccccc1. The molecule has 4 aliphatic carbocycles. The summed E-state index contributed by atoms with van der Waals surface area (Å²) in [4.78, 5) is 5.38. The lowest BCUT2D eigenvalue weighted by molar-refractivity contribution is 0.00194. The molecule has 4 bridgehead atoms. The van der Waals surface area contributed by atoms with Crippen LogP contribution in [-0.2, 0) is 0 Å². The van der Waals surface area contributed by atoms with E-state index >= 15 is 0 Å². The van der Waals surface area contributed by atoms with Crippen LogP contribution in [0.2, 0.25) is 19.1 Å². The van der Waals surface area contributed by atoms with Crippen LogP contribution in [0, 0.1) is 23.7 Å². The van der Waals surface area contributed by atoms with Crippen LogP contribution in [0.25, 0.3) is 0 Å². The van der Waals surface area contributed by atoms with Gasteiger partial charge in [0.1, 0.15) is 0 Å². The molecule has 2 heteroatoms. The van der Waals surface area contributed by atoms with Crippen molar-refractivity contribution in [2.75, 3.05) is 0 Å². The van der Waals surface area contributed by atoms with Gasteiger partial charge in [-0.1, -0.05) is 68.5 Å². The van der Waals surface area contributed by atoms with Crippen LogP contribution in [0.3, 0.4) is 0 Å². The van der Waals surface area contributed by atoms with Gasteiger partial charge in [-0.3, -0.25) is 4.99 Å². The first-order valence-electron chi connectivity index (χ1n) is 11.1. The molecule has 0 unspecified atom stereocenters.